The van der Waals surface area contributed by atoms with Crippen molar-refractivity contribution < 1.29 is 4.79 Å². The average molecular weight is 111 g/mol. The van der Waals surface area contributed by atoms with Gasteiger partial charge in [-0.1, -0.05) is 18.2 Å². The number of rotatable bonds is 2. The summed E-state index contributed by atoms with van der Waals surface area (Å²) in [4.78, 5) is 9.98. The number of allylic oxidation sites excluding steroid dienone is 3. The van der Waals surface area contributed by atoms with Gasteiger partial charge in [0.25, 0.3) is 0 Å². The van der Waals surface area contributed by atoms with Crippen LogP contribution in [0.15, 0.2) is 24.3 Å². The Bertz CT molecular complexity index is 124. The van der Waals surface area contributed by atoms with E-state index in [-0.39, 0.29) is 0 Å². The molecular formula is C6H9NO. The zero-order chi connectivity index (χ0) is 6.41. The lowest BCUT2D eigenvalue weighted by molar-refractivity contribution is -0.113. The minimum Gasteiger partial charge on any atom is -0.366 e. The van der Waals surface area contributed by atoms with Gasteiger partial charge in [-0.2, -0.15) is 0 Å². The minimum atomic E-state index is -0.414. The molecule has 1 amide bonds. The second-order valence-electron chi connectivity index (χ2n) is 1.29. The molecule has 2 N–H and O–H groups in total. The van der Waals surface area contributed by atoms with Crippen LogP contribution in [0, 0.1) is 0 Å². The maximum atomic E-state index is 9.98. The zero-order valence-electron chi connectivity index (χ0n) is 4.79. The second kappa shape index (κ2) is 4.12. The fourth-order valence-electron chi connectivity index (χ4n) is 0.262. The third-order valence-electron chi connectivity index (χ3n) is 0.564. The van der Waals surface area contributed by atoms with Gasteiger partial charge in [0.15, 0.2) is 0 Å². The molecule has 0 rings (SSSR count). The molecular weight excluding hydrogens is 102 g/mol. The van der Waals surface area contributed by atoms with E-state index in [0.29, 0.717) is 0 Å². The van der Waals surface area contributed by atoms with Crippen molar-refractivity contribution in [3.63, 3.8) is 0 Å². The van der Waals surface area contributed by atoms with Gasteiger partial charge in [0.1, 0.15) is 0 Å². The monoisotopic (exact) mass is 111 g/mol. The average Bonchev–Trinajstić information content (AvgIpc) is 1.66. The van der Waals surface area contributed by atoms with Crippen molar-refractivity contribution >= 4 is 5.91 Å². The van der Waals surface area contributed by atoms with Crippen molar-refractivity contribution in [2.75, 3.05) is 0 Å². The predicted octanol–water partition coefficient (Wildman–Crippen LogP) is 0.604. The normalized spacial score (nSPS) is 11.1. The van der Waals surface area contributed by atoms with E-state index in [9.17, 15) is 4.79 Å². The highest BCUT2D eigenvalue weighted by atomic mass is 16.1. The molecule has 0 unspecified atom stereocenters. The van der Waals surface area contributed by atoms with Gasteiger partial charge in [-0.3, -0.25) is 4.79 Å². The van der Waals surface area contributed by atoms with E-state index < -0.39 is 5.91 Å². The Morgan fingerprint density at radius 3 is 2.50 bits per heavy atom. The van der Waals surface area contributed by atoms with Crippen LogP contribution in [0.2, 0.25) is 0 Å². The van der Waals surface area contributed by atoms with Gasteiger partial charge in [-0.05, 0) is 6.92 Å². The minimum absolute atomic E-state index is 0.414. The molecule has 8 heavy (non-hydrogen) atoms. The largest absolute Gasteiger partial charge is 0.366 e. The molecule has 2 heteroatoms. The lowest BCUT2D eigenvalue weighted by Crippen LogP contribution is -2.04. The molecule has 0 aromatic heterocycles. The molecule has 0 fully saturated rings. The summed E-state index contributed by atoms with van der Waals surface area (Å²) in [6.45, 7) is 1.87. The summed E-state index contributed by atoms with van der Waals surface area (Å²) in [5.74, 6) is -0.414. The SMILES string of the molecule is CC=C/C=C/C(N)=O. The third-order valence-corrected chi connectivity index (χ3v) is 0.564. The maximum absolute atomic E-state index is 9.98. The quantitative estimate of drug-likeness (QED) is 0.411. The van der Waals surface area contributed by atoms with E-state index >= 15 is 0 Å². The van der Waals surface area contributed by atoms with Crippen LogP contribution in [0.1, 0.15) is 6.92 Å². The molecule has 0 saturated heterocycles. The van der Waals surface area contributed by atoms with Crippen molar-refractivity contribution in [3.05, 3.63) is 24.3 Å². The van der Waals surface area contributed by atoms with E-state index in [1.54, 1.807) is 12.2 Å². The number of carbonyl (C=O) groups excluding carboxylic acids is 1. The van der Waals surface area contributed by atoms with Crippen molar-refractivity contribution in [1.82, 2.24) is 0 Å². The maximum Gasteiger partial charge on any atom is 0.241 e. The number of hydrogen-bond acceptors (Lipinski definition) is 1. The van der Waals surface area contributed by atoms with Crippen molar-refractivity contribution in [2.24, 2.45) is 5.73 Å². The van der Waals surface area contributed by atoms with Crippen LogP contribution >= 0.6 is 0 Å². The molecule has 0 aliphatic heterocycles. The summed E-state index contributed by atoms with van der Waals surface area (Å²) in [6.07, 6.45) is 6.46. The van der Waals surface area contributed by atoms with E-state index in [1.807, 2.05) is 13.0 Å². The summed E-state index contributed by atoms with van der Waals surface area (Å²) >= 11 is 0. The van der Waals surface area contributed by atoms with Gasteiger partial charge >= 0.3 is 0 Å². The van der Waals surface area contributed by atoms with Gasteiger partial charge in [0.05, 0.1) is 0 Å². The molecule has 0 aromatic rings. The van der Waals surface area contributed by atoms with Gasteiger partial charge in [-0.25, -0.2) is 0 Å². The smallest absolute Gasteiger partial charge is 0.241 e. The molecule has 0 aromatic carbocycles. The predicted molar refractivity (Wildman–Crippen MR) is 33.1 cm³/mol. The van der Waals surface area contributed by atoms with Gasteiger partial charge in [0, 0.05) is 6.08 Å². The Labute approximate surface area is 48.7 Å². The highest BCUT2D eigenvalue weighted by Crippen LogP contribution is 1.73. The summed E-state index contributed by atoms with van der Waals surface area (Å²) in [5.41, 5.74) is 4.77. The van der Waals surface area contributed by atoms with Crippen LogP contribution in [0.5, 0.6) is 0 Å². The lowest BCUT2D eigenvalue weighted by Gasteiger charge is -1.73. The summed E-state index contributed by atoms with van der Waals surface area (Å²) in [7, 11) is 0. The third kappa shape index (κ3) is 4.95. The Balaban J connectivity index is 3.50. The lowest BCUT2D eigenvalue weighted by atomic mass is 10.4. The Kier molecular flexibility index (Phi) is 3.58. The van der Waals surface area contributed by atoms with E-state index in [1.165, 1.54) is 6.08 Å². The first-order valence-corrected chi connectivity index (χ1v) is 2.36. The first kappa shape index (κ1) is 6.95. The molecule has 0 bridgehead atoms. The summed E-state index contributed by atoms with van der Waals surface area (Å²) in [5, 5.41) is 0. The van der Waals surface area contributed by atoms with Crippen LogP contribution in [0.4, 0.5) is 0 Å². The van der Waals surface area contributed by atoms with Crippen LogP contribution in [-0.4, -0.2) is 5.91 Å². The number of primary amides is 1. The molecule has 0 saturated carbocycles. The Hall–Kier alpha value is -1.05. The molecule has 0 spiro atoms. The summed E-state index contributed by atoms with van der Waals surface area (Å²) in [6, 6.07) is 0. The first-order chi connectivity index (χ1) is 3.77. The van der Waals surface area contributed by atoms with E-state index in [0.717, 1.165) is 0 Å². The number of nitrogens with two attached hydrogens (primary N) is 1. The van der Waals surface area contributed by atoms with E-state index in [4.69, 9.17) is 5.73 Å². The Morgan fingerprint density at radius 2 is 2.12 bits per heavy atom. The number of amides is 1. The van der Waals surface area contributed by atoms with Crippen LogP contribution in [0.3, 0.4) is 0 Å². The first-order valence-electron chi connectivity index (χ1n) is 2.36. The molecule has 0 atom stereocenters. The van der Waals surface area contributed by atoms with Crippen LogP contribution in [0.25, 0.3) is 0 Å². The van der Waals surface area contributed by atoms with Crippen LogP contribution < -0.4 is 5.73 Å². The zero-order valence-corrected chi connectivity index (χ0v) is 4.79. The van der Waals surface area contributed by atoms with Crippen LogP contribution in [-0.2, 0) is 4.79 Å². The fraction of sp³-hybridized carbons (Fsp3) is 0.167. The fourth-order valence-corrected chi connectivity index (χ4v) is 0.262. The van der Waals surface area contributed by atoms with Gasteiger partial charge in [0.2, 0.25) is 5.91 Å². The van der Waals surface area contributed by atoms with Gasteiger partial charge in [-0.15, -0.1) is 0 Å². The van der Waals surface area contributed by atoms with Crippen molar-refractivity contribution in [2.45, 2.75) is 6.92 Å². The standard InChI is InChI=1S/C6H9NO/c1-2-3-4-5-6(7)8/h2-5H,1H3,(H2,7,8)/b3-2?,5-4+. The van der Waals surface area contributed by atoms with Crippen molar-refractivity contribution in [1.29, 1.82) is 0 Å². The Morgan fingerprint density at radius 1 is 1.50 bits per heavy atom. The molecule has 0 aliphatic rings. The summed E-state index contributed by atoms with van der Waals surface area (Å²) < 4.78 is 0. The molecule has 0 heterocycles. The molecule has 44 valence electrons. The van der Waals surface area contributed by atoms with Crippen molar-refractivity contribution in [3.8, 4) is 0 Å². The highest BCUT2D eigenvalue weighted by molar-refractivity contribution is 5.85. The van der Waals surface area contributed by atoms with E-state index in [2.05, 4.69) is 0 Å². The molecule has 2 nitrogen and oxygen atoms in total. The highest BCUT2D eigenvalue weighted by Gasteiger charge is 1.75. The molecule has 0 aliphatic carbocycles. The number of carbonyl (C=O) groups is 1. The van der Waals surface area contributed by atoms with Gasteiger partial charge < -0.3 is 5.73 Å². The topological polar surface area (TPSA) is 43.1 Å². The second-order valence-corrected chi connectivity index (χ2v) is 1.29. The molecule has 0 radical (unpaired) electrons. The number of hydrogen-bond donors (Lipinski definition) is 1.